The molecule has 2 saturated heterocycles. The van der Waals surface area contributed by atoms with Crippen molar-refractivity contribution in [1.82, 2.24) is 30.7 Å². The molecule has 20 heteroatoms. The van der Waals surface area contributed by atoms with E-state index in [0.29, 0.717) is 53.8 Å². The Morgan fingerprint density at radius 3 is 2.52 bits per heavy atom. The Hall–Kier alpha value is -5.29. The molecule has 6 amide bonds. The van der Waals surface area contributed by atoms with Crippen LogP contribution in [0.3, 0.4) is 0 Å². The number of rotatable bonds is 16. The summed E-state index contributed by atoms with van der Waals surface area (Å²) in [4.78, 5) is 115. The molecule has 2 aliphatic heterocycles. The van der Waals surface area contributed by atoms with Crippen molar-refractivity contribution in [1.29, 1.82) is 0 Å². The molecule has 3 heterocycles. The maximum atomic E-state index is 14.4. The van der Waals surface area contributed by atoms with Crippen LogP contribution < -0.4 is 26.4 Å². The summed E-state index contributed by atoms with van der Waals surface area (Å²) in [6.45, 7) is 1.34. The Bertz CT molecular complexity index is 2140. The second-order valence-electron chi connectivity index (χ2n) is 14.4. The summed E-state index contributed by atoms with van der Waals surface area (Å²) in [7, 11) is -3.49. The molecule has 0 saturated carbocycles. The molecule has 1 aromatic heterocycles. The second kappa shape index (κ2) is 19.0. The van der Waals surface area contributed by atoms with Crippen LogP contribution in [0.4, 0.5) is 0 Å². The fourth-order valence-electron chi connectivity index (χ4n) is 7.24. The number of aromatic amines is 1. The average Bonchev–Trinajstić information content (AvgIpc) is 3.80. The fraction of sp³-hybridized carbons (Fsp3) is 0.447. The van der Waals surface area contributed by atoms with Crippen LogP contribution in [0, 0.1) is 0 Å². The number of primary amides is 1. The van der Waals surface area contributed by atoms with Gasteiger partial charge >= 0.3 is 7.60 Å². The molecule has 0 radical (unpaired) electrons. The molecule has 312 valence electrons. The first-order chi connectivity index (χ1) is 27.5. The molecule has 0 spiro atoms. The minimum Gasteiger partial charge on any atom is -0.490 e. The number of halogens is 1. The number of benzene rings is 2. The van der Waals surface area contributed by atoms with Crippen LogP contribution in [0.1, 0.15) is 78.3 Å². The summed E-state index contributed by atoms with van der Waals surface area (Å²) >= 11 is 6.65. The van der Waals surface area contributed by atoms with E-state index in [1.165, 1.54) is 41.0 Å². The molecular formula is C38H47ClN7O11P. The molecule has 3 aromatic rings. The van der Waals surface area contributed by atoms with Crippen molar-refractivity contribution >= 4 is 71.1 Å². The average molecular weight is 844 g/mol. The van der Waals surface area contributed by atoms with Crippen LogP contribution in [-0.2, 0) is 35.0 Å². The Kier molecular flexibility index (Phi) is 14.3. The van der Waals surface area contributed by atoms with Gasteiger partial charge in [-0.05, 0) is 74.4 Å². The molecule has 18 nitrogen and oxygen atoms in total. The van der Waals surface area contributed by atoms with Gasteiger partial charge in [-0.25, -0.2) is 0 Å². The minimum atomic E-state index is -5.06. The van der Waals surface area contributed by atoms with Gasteiger partial charge in [0.25, 0.3) is 11.4 Å². The quantitative estimate of drug-likeness (QED) is 0.102. The lowest BCUT2D eigenvalue weighted by atomic mass is 10.1. The van der Waals surface area contributed by atoms with Gasteiger partial charge in [0.15, 0.2) is 0 Å². The number of aryl methyl sites for hydroxylation is 1. The Morgan fingerprint density at radius 2 is 1.83 bits per heavy atom. The van der Waals surface area contributed by atoms with Crippen molar-refractivity contribution in [3.05, 3.63) is 64.3 Å². The van der Waals surface area contributed by atoms with Crippen LogP contribution in [0.5, 0.6) is 5.75 Å². The number of H-pyrrole nitrogens is 1. The number of amides is 6. The Balaban J connectivity index is 1.32. The topological polar surface area (TPSA) is 271 Å². The molecule has 0 aliphatic carbocycles. The summed E-state index contributed by atoms with van der Waals surface area (Å²) in [5.41, 5.74) is 4.93. The van der Waals surface area contributed by atoms with E-state index in [4.69, 9.17) is 22.1 Å². The highest BCUT2D eigenvalue weighted by Crippen LogP contribution is 2.39. The van der Waals surface area contributed by atoms with Crippen molar-refractivity contribution in [2.45, 2.75) is 82.5 Å². The van der Waals surface area contributed by atoms with Crippen LogP contribution in [0.2, 0.25) is 5.02 Å². The maximum absolute atomic E-state index is 14.4. The summed E-state index contributed by atoms with van der Waals surface area (Å²) in [5.74, 6) is -2.48. The van der Waals surface area contributed by atoms with Crippen LogP contribution in [-0.4, -0.2) is 116 Å². The van der Waals surface area contributed by atoms with Gasteiger partial charge < -0.3 is 51.0 Å². The van der Waals surface area contributed by atoms with E-state index in [1.54, 1.807) is 19.2 Å². The van der Waals surface area contributed by atoms with Crippen molar-refractivity contribution in [3.8, 4) is 5.75 Å². The molecule has 8 N–H and O–H groups in total. The number of nitrogens with zero attached hydrogens (tertiary/aromatic N) is 2. The third-order valence-corrected chi connectivity index (χ3v) is 11.5. The van der Waals surface area contributed by atoms with Crippen molar-refractivity contribution in [3.63, 3.8) is 0 Å². The van der Waals surface area contributed by atoms with Gasteiger partial charge in [-0.1, -0.05) is 23.7 Å². The summed E-state index contributed by atoms with van der Waals surface area (Å²) in [6, 6.07) is 7.04. The van der Waals surface area contributed by atoms with Gasteiger partial charge in [0.05, 0.1) is 11.1 Å². The highest BCUT2D eigenvalue weighted by molar-refractivity contribution is 7.70. The summed E-state index contributed by atoms with van der Waals surface area (Å²) < 4.78 is 17.6. The molecule has 2 aliphatic rings. The predicted octanol–water partition coefficient (Wildman–Crippen LogP) is 1.75. The zero-order valence-corrected chi connectivity index (χ0v) is 33.6. The number of carbonyl (C=O) groups excluding carboxylic acids is 7. The number of fused-ring (bicyclic) bond motifs is 2. The van der Waals surface area contributed by atoms with Crippen LogP contribution in [0.15, 0.2) is 42.5 Å². The zero-order valence-electron chi connectivity index (χ0n) is 32.0. The number of hydrogen-bond donors (Lipinski definition) is 7. The van der Waals surface area contributed by atoms with Crippen molar-refractivity contribution < 1.29 is 52.7 Å². The first kappa shape index (κ1) is 43.8. The minimum absolute atomic E-state index is 0.0286. The van der Waals surface area contributed by atoms with E-state index in [2.05, 4.69) is 20.9 Å². The van der Waals surface area contributed by atoms with Gasteiger partial charge in [-0.15, -0.1) is 0 Å². The predicted molar refractivity (Wildman–Crippen MR) is 211 cm³/mol. The largest absolute Gasteiger partial charge is 0.490 e. The molecule has 2 fully saturated rings. The lowest BCUT2D eigenvalue weighted by molar-refractivity contribution is -0.145. The third kappa shape index (κ3) is 10.8. The number of carbonyl (C=O) groups is 7. The first-order valence-corrected chi connectivity index (χ1v) is 20.8. The normalized spacial score (nSPS) is 18.8. The first-order valence-electron chi connectivity index (χ1n) is 18.8. The summed E-state index contributed by atoms with van der Waals surface area (Å²) in [5, 5.41) is 8.85. The monoisotopic (exact) mass is 843 g/mol. The molecule has 4 atom stereocenters. The van der Waals surface area contributed by atoms with E-state index >= 15 is 0 Å². The highest BCUT2D eigenvalue weighted by Gasteiger charge is 2.45. The van der Waals surface area contributed by atoms with Gasteiger partial charge in [-0.3, -0.25) is 38.1 Å². The molecule has 0 bridgehead atoms. The lowest BCUT2D eigenvalue weighted by Gasteiger charge is -2.38. The third-order valence-electron chi connectivity index (χ3n) is 10.3. The van der Waals surface area contributed by atoms with E-state index in [0.717, 1.165) is 5.56 Å². The number of hydrogen-bond acceptors (Lipinski definition) is 9. The number of nitrogens with two attached hydrogens (primary N) is 1. The van der Waals surface area contributed by atoms with Crippen LogP contribution in [0.25, 0.3) is 10.9 Å². The number of aromatic nitrogens is 1. The van der Waals surface area contributed by atoms with Gasteiger partial charge in [0, 0.05) is 62.4 Å². The zero-order chi connectivity index (χ0) is 42.3. The number of ether oxygens (including phenoxy) is 1. The molecule has 3 unspecified atom stereocenters. The van der Waals surface area contributed by atoms with Crippen molar-refractivity contribution in [2.24, 2.45) is 5.73 Å². The highest BCUT2D eigenvalue weighted by atomic mass is 35.5. The molecule has 2 aromatic carbocycles. The molecule has 58 heavy (non-hydrogen) atoms. The van der Waals surface area contributed by atoms with E-state index in [1.807, 2.05) is 6.07 Å². The summed E-state index contributed by atoms with van der Waals surface area (Å²) in [6.07, 6.45) is 2.58. The standard InChI is InChI=1S/C38H47ClN7O11P/c1-21(47)45-16-15-26-11-13-30(36(51)42-25(10-14-32(40)48)20-57-31-7-3-5-22(34(31)39)6-4-8-33(49)41-2)46(26)37(52)29(19-45)44-35(50)28-18-24-17-23(9-12-27(24)43-28)38(53)58(54,55)56/h3,5,7,9,12,17-18,25-26,29-30,43H,4,6,8,10-11,13-16,19-20H2,1-2H3,(H2,40,48)(H,41,49)(H,42,51)(H,44,50)(H2,54,55,56)/t25?,26-,29?,30?/m1/s1. The van der Waals surface area contributed by atoms with Crippen molar-refractivity contribution in [2.75, 3.05) is 26.7 Å². The SMILES string of the molecule is CNC(=O)CCCc1cccc(OCC(CCC(N)=O)NC(=O)C2CC[C@@H]3CCN(C(C)=O)CC(NC(=O)c4cc5cc(C(=O)P(=O)(O)O)ccc5[nH]4)C(=O)N23)c1Cl. The second-order valence-corrected chi connectivity index (χ2v) is 16.3. The Morgan fingerprint density at radius 1 is 1.07 bits per heavy atom. The van der Waals surface area contributed by atoms with E-state index in [9.17, 15) is 47.9 Å². The van der Waals surface area contributed by atoms with Crippen LogP contribution >= 0.6 is 19.2 Å². The van der Waals surface area contributed by atoms with Gasteiger partial charge in [0.2, 0.25) is 29.5 Å². The number of nitrogens with one attached hydrogen (secondary N) is 4. The maximum Gasteiger partial charge on any atom is 0.396 e. The smallest absolute Gasteiger partial charge is 0.396 e. The van der Waals surface area contributed by atoms with Gasteiger partial charge in [0.1, 0.15) is 30.1 Å². The molecular weight excluding hydrogens is 797 g/mol. The lowest BCUT2D eigenvalue weighted by Crippen LogP contribution is -2.61. The Labute approximate surface area is 338 Å². The molecule has 5 rings (SSSR count). The van der Waals surface area contributed by atoms with E-state index < -0.39 is 60.9 Å². The van der Waals surface area contributed by atoms with E-state index in [-0.39, 0.29) is 62.0 Å². The fourth-order valence-corrected chi connectivity index (χ4v) is 7.99. The van der Waals surface area contributed by atoms with Gasteiger partial charge in [-0.2, -0.15) is 0 Å².